The number of nitrogens with two attached hydrogens (primary N) is 1. The Labute approximate surface area is 120 Å². The molecule has 1 aromatic rings. The topological polar surface area (TPSA) is 59.6 Å². The zero-order chi connectivity index (χ0) is 12.7. The molecule has 0 aliphatic carbocycles. The van der Waals surface area contributed by atoms with Crippen molar-refractivity contribution in [2.24, 2.45) is 10.7 Å². The van der Waals surface area contributed by atoms with Crippen LogP contribution in [0.5, 0.6) is 0 Å². The number of methoxy groups -OCH3 is 1. The molecule has 6 heteroatoms. The van der Waals surface area contributed by atoms with Crippen molar-refractivity contribution in [3.8, 4) is 0 Å². The van der Waals surface area contributed by atoms with Crippen molar-refractivity contribution in [3.05, 3.63) is 32.4 Å². The molecule has 3 N–H and O–H groups in total. The first-order valence-electron chi connectivity index (χ1n) is 5.10. The highest BCUT2D eigenvalue weighted by atomic mass is 127. The predicted octanol–water partition coefficient (Wildman–Crippen LogP) is 2.00. The first-order chi connectivity index (χ1) is 8.13. The Morgan fingerprint density at radius 2 is 2.35 bits per heavy atom. The average molecular weight is 368 g/mol. The van der Waals surface area contributed by atoms with E-state index in [0.717, 1.165) is 14.2 Å². The van der Waals surface area contributed by atoms with Gasteiger partial charge in [0, 0.05) is 22.2 Å². The normalized spacial score (nSPS) is 11.6. The smallest absolute Gasteiger partial charge is 0.188 e. The van der Waals surface area contributed by atoms with Crippen LogP contribution in [0.4, 0.5) is 0 Å². The maximum atomic E-state index is 5.87. The van der Waals surface area contributed by atoms with Gasteiger partial charge in [0.2, 0.25) is 0 Å². The van der Waals surface area contributed by atoms with Crippen LogP contribution in [0.25, 0.3) is 0 Å². The number of halogens is 2. The lowest BCUT2D eigenvalue weighted by molar-refractivity contribution is 0.204. The van der Waals surface area contributed by atoms with Gasteiger partial charge < -0.3 is 15.8 Å². The first kappa shape index (κ1) is 14.5. The van der Waals surface area contributed by atoms with E-state index in [1.807, 2.05) is 18.2 Å². The molecule has 0 bridgehead atoms. The van der Waals surface area contributed by atoms with Crippen LogP contribution in [0, 0.1) is 3.57 Å². The van der Waals surface area contributed by atoms with Crippen molar-refractivity contribution in [2.75, 3.05) is 20.3 Å². The van der Waals surface area contributed by atoms with Crippen molar-refractivity contribution in [2.45, 2.75) is 6.54 Å². The number of nitrogens with one attached hydrogen (secondary N) is 1. The minimum Gasteiger partial charge on any atom is -0.383 e. The van der Waals surface area contributed by atoms with Crippen molar-refractivity contribution >= 4 is 40.2 Å². The van der Waals surface area contributed by atoms with Gasteiger partial charge in [-0.15, -0.1) is 0 Å². The standard InChI is InChI=1S/C11H15ClIN3O/c1-17-5-4-15-11(14)16-7-8-2-3-9(12)6-10(8)13/h2-3,6H,4-5,7H2,1H3,(H3,14,15,16). The summed E-state index contributed by atoms with van der Waals surface area (Å²) in [4.78, 5) is 4.24. The second-order valence-electron chi connectivity index (χ2n) is 3.36. The van der Waals surface area contributed by atoms with Crippen LogP contribution in [-0.4, -0.2) is 26.2 Å². The fraction of sp³-hybridized carbons (Fsp3) is 0.364. The third-order valence-corrected chi connectivity index (χ3v) is 3.29. The van der Waals surface area contributed by atoms with Crippen LogP contribution >= 0.6 is 34.2 Å². The number of ether oxygens (including phenoxy) is 1. The third kappa shape index (κ3) is 5.56. The molecule has 0 aliphatic rings. The molecule has 0 aliphatic heterocycles. The predicted molar refractivity (Wildman–Crippen MR) is 79.4 cm³/mol. The molecular formula is C11H15ClIN3O. The van der Waals surface area contributed by atoms with E-state index < -0.39 is 0 Å². The van der Waals surface area contributed by atoms with Crippen LogP contribution < -0.4 is 11.1 Å². The zero-order valence-corrected chi connectivity index (χ0v) is 12.5. The zero-order valence-electron chi connectivity index (χ0n) is 9.54. The van der Waals surface area contributed by atoms with E-state index in [4.69, 9.17) is 22.1 Å². The van der Waals surface area contributed by atoms with Gasteiger partial charge in [-0.2, -0.15) is 0 Å². The summed E-state index contributed by atoms with van der Waals surface area (Å²) in [7, 11) is 1.64. The lowest BCUT2D eigenvalue weighted by atomic mass is 10.2. The monoisotopic (exact) mass is 367 g/mol. The van der Waals surface area contributed by atoms with Gasteiger partial charge in [-0.3, -0.25) is 0 Å². The second kappa shape index (κ2) is 7.73. The molecule has 1 aromatic carbocycles. The van der Waals surface area contributed by atoms with Crippen molar-refractivity contribution in [1.82, 2.24) is 5.32 Å². The molecule has 0 unspecified atom stereocenters. The Bertz CT molecular complexity index is 398. The fourth-order valence-electron chi connectivity index (χ4n) is 1.16. The summed E-state index contributed by atoms with van der Waals surface area (Å²) in [5, 5.41) is 3.69. The number of benzene rings is 1. The molecule has 1 rings (SSSR count). The molecule has 0 atom stereocenters. The number of nitrogens with zero attached hydrogens (tertiary/aromatic N) is 1. The lowest BCUT2D eigenvalue weighted by Gasteiger charge is -2.05. The van der Waals surface area contributed by atoms with Crippen molar-refractivity contribution < 1.29 is 4.74 Å². The highest BCUT2D eigenvalue weighted by molar-refractivity contribution is 14.1. The van der Waals surface area contributed by atoms with E-state index in [0.29, 0.717) is 25.7 Å². The Hall–Kier alpha value is -0.530. The minimum atomic E-state index is 0.424. The lowest BCUT2D eigenvalue weighted by Crippen LogP contribution is -2.34. The highest BCUT2D eigenvalue weighted by Crippen LogP contribution is 2.18. The third-order valence-electron chi connectivity index (χ3n) is 2.05. The average Bonchev–Trinajstić information content (AvgIpc) is 2.28. The highest BCUT2D eigenvalue weighted by Gasteiger charge is 2.00. The van der Waals surface area contributed by atoms with Crippen LogP contribution in [0.3, 0.4) is 0 Å². The summed E-state index contributed by atoms with van der Waals surface area (Å²) >= 11 is 8.11. The van der Waals surface area contributed by atoms with Gasteiger partial charge >= 0.3 is 0 Å². The van der Waals surface area contributed by atoms with Gasteiger partial charge in [0.05, 0.1) is 13.2 Å². The van der Waals surface area contributed by atoms with Crippen LogP contribution in [0.2, 0.25) is 5.02 Å². The summed E-state index contributed by atoms with van der Waals surface area (Å²) in [6, 6.07) is 5.71. The van der Waals surface area contributed by atoms with E-state index in [9.17, 15) is 0 Å². The van der Waals surface area contributed by atoms with Gasteiger partial charge in [0.25, 0.3) is 0 Å². The van der Waals surface area contributed by atoms with E-state index in [2.05, 4.69) is 32.9 Å². The largest absolute Gasteiger partial charge is 0.383 e. The quantitative estimate of drug-likeness (QED) is 0.362. The molecular weight excluding hydrogens is 352 g/mol. The summed E-state index contributed by atoms with van der Waals surface area (Å²) < 4.78 is 5.98. The second-order valence-corrected chi connectivity index (χ2v) is 4.96. The van der Waals surface area contributed by atoms with Crippen LogP contribution in [0.15, 0.2) is 23.2 Å². The Kier molecular flexibility index (Phi) is 6.61. The van der Waals surface area contributed by atoms with Gasteiger partial charge in [0.1, 0.15) is 0 Å². The van der Waals surface area contributed by atoms with Crippen molar-refractivity contribution in [1.29, 1.82) is 0 Å². The molecule has 0 saturated heterocycles. The van der Waals surface area contributed by atoms with E-state index in [1.165, 1.54) is 0 Å². The molecule has 0 heterocycles. The summed E-state index contributed by atoms with van der Waals surface area (Å²) in [5.41, 5.74) is 6.80. The number of rotatable bonds is 5. The minimum absolute atomic E-state index is 0.424. The molecule has 4 nitrogen and oxygen atoms in total. The molecule has 0 spiro atoms. The van der Waals surface area contributed by atoms with Gasteiger partial charge in [-0.05, 0) is 40.3 Å². The van der Waals surface area contributed by atoms with E-state index >= 15 is 0 Å². The maximum absolute atomic E-state index is 5.87. The summed E-state index contributed by atoms with van der Waals surface area (Å²) in [5.74, 6) is 0.424. The fourth-order valence-corrected chi connectivity index (χ4v) is 2.20. The molecule has 0 amide bonds. The Morgan fingerprint density at radius 1 is 1.59 bits per heavy atom. The SMILES string of the molecule is COCCNC(N)=NCc1ccc(Cl)cc1I. The van der Waals surface area contributed by atoms with Gasteiger partial charge in [-0.1, -0.05) is 17.7 Å². The molecule has 17 heavy (non-hydrogen) atoms. The number of hydrogen-bond acceptors (Lipinski definition) is 2. The Balaban J connectivity index is 2.50. The van der Waals surface area contributed by atoms with E-state index in [1.54, 1.807) is 7.11 Å². The maximum Gasteiger partial charge on any atom is 0.188 e. The van der Waals surface area contributed by atoms with E-state index in [-0.39, 0.29) is 0 Å². The summed E-state index contributed by atoms with van der Waals surface area (Å²) in [6.45, 7) is 1.81. The molecule has 0 saturated carbocycles. The molecule has 0 radical (unpaired) electrons. The van der Waals surface area contributed by atoms with Gasteiger partial charge in [-0.25, -0.2) is 4.99 Å². The summed E-state index contributed by atoms with van der Waals surface area (Å²) in [6.07, 6.45) is 0. The molecule has 94 valence electrons. The van der Waals surface area contributed by atoms with Crippen LogP contribution in [-0.2, 0) is 11.3 Å². The number of aliphatic imine (C=N–C) groups is 1. The van der Waals surface area contributed by atoms with Crippen LogP contribution in [0.1, 0.15) is 5.56 Å². The first-order valence-corrected chi connectivity index (χ1v) is 6.56. The molecule has 0 aromatic heterocycles. The number of hydrogen-bond donors (Lipinski definition) is 2. The molecule has 0 fully saturated rings. The van der Waals surface area contributed by atoms with Crippen molar-refractivity contribution in [3.63, 3.8) is 0 Å². The number of guanidine groups is 1. The van der Waals surface area contributed by atoms with Gasteiger partial charge in [0.15, 0.2) is 5.96 Å². The Morgan fingerprint density at radius 3 is 3.00 bits per heavy atom.